The van der Waals surface area contributed by atoms with Gasteiger partial charge in [-0.15, -0.1) is 0 Å². The van der Waals surface area contributed by atoms with E-state index in [0.29, 0.717) is 19.4 Å². The number of fused-ring (bicyclic) bond motifs is 3. The van der Waals surface area contributed by atoms with Crippen LogP contribution in [0.4, 0.5) is 4.79 Å². The van der Waals surface area contributed by atoms with E-state index in [0.717, 1.165) is 22.3 Å². The van der Waals surface area contributed by atoms with Gasteiger partial charge in [0.1, 0.15) is 12.7 Å². The van der Waals surface area contributed by atoms with Crippen LogP contribution in [-0.4, -0.2) is 55.0 Å². The quantitative estimate of drug-likeness (QED) is 0.523. The lowest BCUT2D eigenvalue weighted by Gasteiger charge is -2.22. The normalized spacial score (nSPS) is 19.7. The molecule has 0 bridgehead atoms. The molecule has 3 atom stereocenters. The minimum absolute atomic E-state index is 0.0216. The summed E-state index contributed by atoms with van der Waals surface area (Å²) < 4.78 is 11.1. The predicted molar refractivity (Wildman–Crippen MR) is 125 cm³/mol. The molecule has 8 nitrogen and oxygen atoms in total. The number of hydrogen-bond donors (Lipinski definition) is 3. The summed E-state index contributed by atoms with van der Waals surface area (Å²) in [6, 6.07) is 15.8. The monoisotopic (exact) mass is 466 g/mol. The van der Waals surface area contributed by atoms with Gasteiger partial charge in [-0.3, -0.25) is 9.59 Å². The summed E-state index contributed by atoms with van der Waals surface area (Å²) in [7, 11) is 0. The number of benzene rings is 2. The Morgan fingerprint density at radius 3 is 2.35 bits per heavy atom. The highest BCUT2D eigenvalue weighted by Crippen LogP contribution is 2.44. The highest BCUT2D eigenvalue weighted by Gasteiger charge is 2.35. The van der Waals surface area contributed by atoms with Crippen LogP contribution in [0.3, 0.4) is 0 Å². The lowest BCUT2D eigenvalue weighted by Crippen LogP contribution is -2.46. The summed E-state index contributed by atoms with van der Waals surface area (Å²) in [6.07, 6.45) is -0.273. The Balaban J connectivity index is 1.29. The van der Waals surface area contributed by atoms with Crippen molar-refractivity contribution >= 4 is 18.0 Å². The van der Waals surface area contributed by atoms with Crippen LogP contribution in [0.25, 0.3) is 11.1 Å². The zero-order valence-electron chi connectivity index (χ0n) is 19.2. The van der Waals surface area contributed by atoms with Crippen LogP contribution in [0, 0.1) is 5.92 Å². The molecule has 34 heavy (non-hydrogen) atoms. The minimum atomic E-state index is -0.965. The van der Waals surface area contributed by atoms with Gasteiger partial charge in [-0.1, -0.05) is 55.5 Å². The molecule has 0 radical (unpaired) electrons. The van der Waals surface area contributed by atoms with Crippen LogP contribution in [0.2, 0.25) is 0 Å². The van der Waals surface area contributed by atoms with Gasteiger partial charge in [0.05, 0.1) is 6.42 Å². The molecule has 1 fully saturated rings. The van der Waals surface area contributed by atoms with Crippen molar-refractivity contribution in [1.82, 2.24) is 10.6 Å². The molecule has 0 spiro atoms. The summed E-state index contributed by atoms with van der Waals surface area (Å²) in [5, 5.41) is 14.5. The Bertz CT molecular complexity index is 1010. The lowest BCUT2D eigenvalue weighted by molar-refractivity contribution is -0.138. The van der Waals surface area contributed by atoms with Gasteiger partial charge in [0.25, 0.3) is 0 Å². The average molecular weight is 467 g/mol. The molecule has 1 aliphatic heterocycles. The number of hydrogen-bond acceptors (Lipinski definition) is 5. The van der Waals surface area contributed by atoms with Gasteiger partial charge in [0, 0.05) is 31.0 Å². The standard InChI is InChI=1S/C26H30N2O6/c1-2-17(13-23(29)30)28-25(31)24-16(11-12-33-24)14-27-26(32)34-15-22-20-9-5-3-7-18(20)19-8-4-6-10-21(19)22/h3-10,16-17,22,24H,2,11-15H2,1H3,(H,27,32)(H,28,31)(H,29,30)/t16-,17-,24-/m0/s1. The number of carbonyl (C=O) groups excluding carboxylic acids is 2. The van der Waals surface area contributed by atoms with Gasteiger partial charge in [0.2, 0.25) is 5.91 Å². The second-order valence-electron chi connectivity index (χ2n) is 8.76. The molecule has 2 aliphatic rings. The first kappa shape index (κ1) is 23.8. The summed E-state index contributed by atoms with van der Waals surface area (Å²) in [4.78, 5) is 36.0. The van der Waals surface area contributed by atoms with Crippen LogP contribution in [0.1, 0.15) is 43.2 Å². The maximum absolute atomic E-state index is 12.6. The summed E-state index contributed by atoms with van der Waals surface area (Å²) >= 11 is 0. The number of carboxylic acids is 1. The number of alkyl carbamates (subject to hydrolysis) is 1. The zero-order chi connectivity index (χ0) is 24.1. The van der Waals surface area contributed by atoms with E-state index in [1.54, 1.807) is 0 Å². The van der Waals surface area contributed by atoms with E-state index in [-0.39, 0.29) is 37.3 Å². The number of carboxylic acid groups (broad SMARTS) is 1. The highest BCUT2D eigenvalue weighted by atomic mass is 16.5. The molecule has 2 amide bonds. The van der Waals surface area contributed by atoms with Crippen LogP contribution in [0.15, 0.2) is 48.5 Å². The Morgan fingerprint density at radius 2 is 1.74 bits per heavy atom. The van der Waals surface area contributed by atoms with Crippen molar-refractivity contribution in [3.05, 3.63) is 59.7 Å². The number of ether oxygens (including phenoxy) is 2. The molecule has 2 aromatic rings. The molecule has 2 aromatic carbocycles. The van der Waals surface area contributed by atoms with Crippen LogP contribution in [-0.2, 0) is 19.1 Å². The minimum Gasteiger partial charge on any atom is -0.481 e. The lowest BCUT2D eigenvalue weighted by atomic mass is 9.98. The zero-order valence-corrected chi connectivity index (χ0v) is 19.2. The molecular formula is C26H30N2O6. The number of aliphatic carboxylic acids is 1. The van der Waals surface area contributed by atoms with Crippen molar-refractivity contribution in [2.45, 2.75) is 44.2 Å². The predicted octanol–water partition coefficient (Wildman–Crippen LogP) is 3.30. The maximum atomic E-state index is 12.6. The molecule has 1 heterocycles. The number of carbonyl (C=O) groups is 3. The second kappa shape index (κ2) is 10.7. The van der Waals surface area contributed by atoms with Crippen molar-refractivity contribution in [2.24, 2.45) is 5.92 Å². The Hall–Kier alpha value is -3.39. The largest absolute Gasteiger partial charge is 0.481 e. The van der Waals surface area contributed by atoms with E-state index in [1.807, 2.05) is 31.2 Å². The van der Waals surface area contributed by atoms with Crippen molar-refractivity contribution in [3.63, 3.8) is 0 Å². The van der Waals surface area contributed by atoms with Gasteiger partial charge in [0.15, 0.2) is 0 Å². The van der Waals surface area contributed by atoms with Crippen molar-refractivity contribution in [3.8, 4) is 11.1 Å². The molecule has 180 valence electrons. The van der Waals surface area contributed by atoms with E-state index >= 15 is 0 Å². The van der Waals surface area contributed by atoms with Crippen molar-refractivity contribution < 1.29 is 29.0 Å². The fourth-order valence-electron chi connectivity index (χ4n) is 4.79. The first-order valence-corrected chi connectivity index (χ1v) is 11.7. The molecule has 0 aromatic heterocycles. The molecule has 0 unspecified atom stereocenters. The fraction of sp³-hybridized carbons (Fsp3) is 0.423. The van der Waals surface area contributed by atoms with Crippen LogP contribution in [0.5, 0.6) is 0 Å². The first-order chi connectivity index (χ1) is 16.5. The van der Waals surface area contributed by atoms with E-state index in [2.05, 4.69) is 34.9 Å². The Kier molecular flexibility index (Phi) is 7.47. The Morgan fingerprint density at radius 1 is 1.09 bits per heavy atom. The second-order valence-corrected chi connectivity index (χ2v) is 8.76. The van der Waals surface area contributed by atoms with Crippen molar-refractivity contribution in [1.29, 1.82) is 0 Å². The van der Waals surface area contributed by atoms with Gasteiger partial charge in [-0.05, 0) is 35.1 Å². The average Bonchev–Trinajstić information content (AvgIpc) is 3.43. The molecule has 3 N–H and O–H groups in total. The number of amides is 2. The smallest absolute Gasteiger partial charge is 0.407 e. The fourth-order valence-corrected chi connectivity index (χ4v) is 4.79. The van der Waals surface area contributed by atoms with E-state index in [1.165, 1.54) is 0 Å². The molecule has 0 saturated carbocycles. The van der Waals surface area contributed by atoms with Crippen LogP contribution >= 0.6 is 0 Å². The van der Waals surface area contributed by atoms with Gasteiger partial charge >= 0.3 is 12.1 Å². The van der Waals surface area contributed by atoms with E-state index in [9.17, 15) is 14.4 Å². The third-order valence-electron chi connectivity index (χ3n) is 6.59. The van der Waals surface area contributed by atoms with Gasteiger partial charge in [-0.2, -0.15) is 0 Å². The number of nitrogens with one attached hydrogen (secondary N) is 2. The van der Waals surface area contributed by atoms with E-state index < -0.39 is 24.2 Å². The third-order valence-corrected chi connectivity index (χ3v) is 6.59. The topological polar surface area (TPSA) is 114 Å². The molecule has 8 heteroatoms. The summed E-state index contributed by atoms with van der Waals surface area (Å²) in [5.74, 6) is -1.53. The maximum Gasteiger partial charge on any atom is 0.407 e. The third kappa shape index (κ3) is 5.22. The van der Waals surface area contributed by atoms with Gasteiger partial charge in [-0.25, -0.2) is 4.79 Å². The summed E-state index contributed by atoms with van der Waals surface area (Å²) in [6.45, 7) is 2.69. The molecule has 1 aliphatic carbocycles. The Labute approximate surface area is 198 Å². The summed E-state index contributed by atoms with van der Waals surface area (Å²) in [5.41, 5.74) is 4.61. The van der Waals surface area contributed by atoms with Crippen LogP contribution < -0.4 is 10.6 Å². The van der Waals surface area contributed by atoms with E-state index in [4.69, 9.17) is 14.6 Å². The van der Waals surface area contributed by atoms with Crippen molar-refractivity contribution in [2.75, 3.05) is 19.8 Å². The number of rotatable bonds is 9. The molecule has 1 saturated heterocycles. The highest BCUT2D eigenvalue weighted by molar-refractivity contribution is 5.82. The molecular weight excluding hydrogens is 436 g/mol. The SMILES string of the molecule is CC[C@@H](CC(=O)O)NC(=O)[C@H]1OCC[C@H]1CNC(=O)OCC1c2ccccc2-c2ccccc21. The molecule has 4 rings (SSSR count). The van der Waals surface area contributed by atoms with Gasteiger partial charge < -0.3 is 25.2 Å². The first-order valence-electron chi connectivity index (χ1n) is 11.7.